The summed E-state index contributed by atoms with van der Waals surface area (Å²) in [5.74, 6) is -1.96. The summed E-state index contributed by atoms with van der Waals surface area (Å²) < 4.78 is 49.8. The number of nitro benzene ring substituents is 1. The van der Waals surface area contributed by atoms with Gasteiger partial charge >= 0.3 is 11.9 Å². The van der Waals surface area contributed by atoms with Gasteiger partial charge in [-0.05, 0) is 54.6 Å². The third-order valence-electron chi connectivity index (χ3n) is 4.46. The molecule has 0 aromatic heterocycles. The number of nitrogens with two attached hydrogens (primary N) is 1. The molecule has 10 nitrogen and oxygen atoms in total. The molecule has 2 N–H and O–H groups in total. The minimum atomic E-state index is -4.78. The number of nitro groups is 1. The molecule has 2 aromatic rings. The van der Waals surface area contributed by atoms with Gasteiger partial charge in [0.25, 0.3) is 11.1 Å². The smallest absolute Gasteiger partial charge is 0.416 e. The number of hydrogen-bond donors (Lipinski definition) is 1. The molecular formula is C21H16F3N3O7S. The van der Waals surface area contributed by atoms with Gasteiger partial charge in [-0.2, -0.15) is 13.2 Å². The van der Waals surface area contributed by atoms with E-state index in [0.717, 1.165) is 6.07 Å². The number of hydrogen-bond acceptors (Lipinski definition) is 8. The van der Waals surface area contributed by atoms with Crippen molar-refractivity contribution in [1.29, 1.82) is 0 Å². The highest BCUT2D eigenvalue weighted by molar-refractivity contribution is 8.18. The van der Waals surface area contributed by atoms with Crippen LogP contribution in [0.1, 0.15) is 18.1 Å². The van der Waals surface area contributed by atoms with Crippen molar-refractivity contribution in [3.63, 3.8) is 0 Å². The molecule has 0 unspecified atom stereocenters. The summed E-state index contributed by atoms with van der Waals surface area (Å²) in [5, 5.41) is 10.7. The van der Waals surface area contributed by atoms with Gasteiger partial charge in [0.2, 0.25) is 11.7 Å². The Kier molecular flexibility index (Phi) is 7.34. The topological polar surface area (TPSA) is 142 Å². The number of carbonyl (C=O) groups excluding carboxylic acids is 3. The molecule has 0 atom stereocenters. The molecule has 0 radical (unpaired) electrons. The fourth-order valence-corrected chi connectivity index (χ4v) is 3.79. The zero-order valence-electron chi connectivity index (χ0n) is 17.8. The Morgan fingerprint density at radius 2 is 1.86 bits per heavy atom. The molecule has 1 saturated heterocycles. The molecule has 0 bridgehead atoms. The van der Waals surface area contributed by atoms with E-state index in [1.54, 1.807) is 6.92 Å². The number of ether oxygens (including phenoxy) is 2. The maximum absolute atomic E-state index is 12.9. The molecular weight excluding hydrogens is 495 g/mol. The molecule has 2 aromatic carbocycles. The van der Waals surface area contributed by atoms with E-state index in [2.05, 4.69) is 0 Å². The fraction of sp³-hybridized carbons (Fsp3) is 0.190. The van der Waals surface area contributed by atoms with Crippen molar-refractivity contribution in [2.24, 2.45) is 5.73 Å². The lowest BCUT2D eigenvalue weighted by molar-refractivity contribution is -0.385. The molecule has 1 aliphatic rings. The summed E-state index contributed by atoms with van der Waals surface area (Å²) in [6, 6.07) is 6.04. The van der Waals surface area contributed by atoms with Crippen LogP contribution in [0.4, 0.5) is 23.7 Å². The summed E-state index contributed by atoms with van der Waals surface area (Å²) in [5.41, 5.74) is 3.33. The molecule has 1 heterocycles. The molecule has 184 valence electrons. The Balaban J connectivity index is 1.93. The number of carbonyl (C=O) groups is 3. The Morgan fingerprint density at radius 1 is 1.17 bits per heavy atom. The third-order valence-corrected chi connectivity index (χ3v) is 5.36. The molecule has 1 aliphatic heterocycles. The third kappa shape index (κ3) is 5.90. The maximum Gasteiger partial charge on any atom is 0.416 e. The second-order valence-electron chi connectivity index (χ2n) is 6.91. The van der Waals surface area contributed by atoms with Crippen molar-refractivity contribution in [3.8, 4) is 17.2 Å². The van der Waals surface area contributed by atoms with Crippen LogP contribution in [-0.4, -0.2) is 40.0 Å². The second-order valence-corrected chi connectivity index (χ2v) is 7.91. The molecule has 0 aliphatic carbocycles. The van der Waals surface area contributed by atoms with Crippen LogP contribution in [0.25, 0.3) is 6.08 Å². The van der Waals surface area contributed by atoms with Crippen LogP contribution >= 0.6 is 11.8 Å². The number of halogens is 3. The lowest BCUT2D eigenvalue weighted by atomic mass is 10.1. The maximum atomic E-state index is 12.9. The zero-order chi connectivity index (χ0) is 25.9. The minimum Gasteiger partial charge on any atom is -0.490 e. The van der Waals surface area contributed by atoms with Crippen molar-refractivity contribution in [2.45, 2.75) is 13.1 Å². The van der Waals surface area contributed by atoms with Crippen molar-refractivity contribution in [2.75, 3.05) is 13.2 Å². The number of nitrogens with zero attached hydrogens (tertiary/aromatic N) is 2. The number of amides is 3. The van der Waals surface area contributed by atoms with E-state index >= 15 is 0 Å². The normalized spacial score (nSPS) is 15.0. The Labute approximate surface area is 199 Å². The van der Waals surface area contributed by atoms with Gasteiger partial charge < -0.3 is 15.2 Å². The Morgan fingerprint density at radius 3 is 2.46 bits per heavy atom. The van der Waals surface area contributed by atoms with Gasteiger partial charge in [-0.25, -0.2) is 0 Å². The van der Waals surface area contributed by atoms with Crippen molar-refractivity contribution < 1.29 is 42.0 Å². The van der Waals surface area contributed by atoms with Crippen LogP contribution in [0.3, 0.4) is 0 Å². The van der Waals surface area contributed by atoms with Gasteiger partial charge in [0.1, 0.15) is 6.54 Å². The highest BCUT2D eigenvalue weighted by Gasteiger charge is 2.36. The number of primary amides is 1. The number of benzene rings is 2. The van der Waals surface area contributed by atoms with Gasteiger partial charge in [-0.1, -0.05) is 6.07 Å². The van der Waals surface area contributed by atoms with Gasteiger partial charge in [0, 0.05) is 6.07 Å². The average molecular weight is 511 g/mol. The standard InChI is InChI=1S/C21H16F3N3O7S/c1-2-33-16-7-11(8-17-19(29)26(10-18(25)28)20(30)35-17)3-5-15(16)34-14-6-4-12(21(22,23)24)9-13(14)27(31)32/h3-9H,2,10H2,1H3,(H2,25,28)/b17-8-. The van der Waals surface area contributed by atoms with E-state index in [1.807, 2.05) is 0 Å². The molecule has 0 saturated carbocycles. The predicted molar refractivity (Wildman–Crippen MR) is 118 cm³/mol. The number of thioether (sulfide) groups is 1. The van der Waals surface area contributed by atoms with Gasteiger partial charge in [-0.3, -0.25) is 29.4 Å². The Bertz CT molecular complexity index is 1250. The van der Waals surface area contributed by atoms with E-state index in [9.17, 15) is 37.7 Å². The van der Waals surface area contributed by atoms with Gasteiger partial charge in [0.15, 0.2) is 11.5 Å². The van der Waals surface area contributed by atoms with E-state index in [-0.39, 0.29) is 23.0 Å². The number of alkyl halides is 3. The first kappa shape index (κ1) is 25.6. The number of imide groups is 1. The number of rotatable bonds is 8. The summed E-state index contributed by atoms with van der Waals surface area (Å²) >= 11 is 0.605. The molecule has 14 heteroatoms. The van der Waals surface area contributed by atoms with E-state index < -0.39 is 51.7 Å². The van der Waals surface area contributed by atoms with Crippen LogP contribution in [-0.2, 0) is 15.8 Å². The first-order valence-corrected chi connectivity index (χ1v) is 10.6. The molecule has 0 spiro atoms. The molecule has 3 rings (SSSR count). The van der Waals surface area contributed by atoms with Crippen LogP contribution in [0.2, 0.25) is 0 Å². The van der Waals surface area contributed by atoms with Crippen molar-refractivity contribution >= 4 is 40.6 Å². The zero-order valence-corrected chi connectivity index (χ0v) is 18.6. The highest BCUT2D eigenvalue weighted by Crippen LogP contribution is 2.41. The monoisotopic (exact) mass is 511 g/mol. The predicted octanol–water partition coefficient (Wildman–Crippen LogP) is 4.33. The summed E-state index contributed by atoms with van der Waals surface area (Å²) in [6.07, 6.45) is -3.42. The minimum absolute atomic E-state index is 0.0192. The highest BCUT2D eigenvalue weighted by atomic mass is 32.2. The first-order valence-electron chi connectivity index (χ1n) is 9.74. The first-order chi connectivity index (χ1) is 16.4. The van der Waals surface area contributed by atoms with Gasteiger partial charge in [-0.15, -0.1) is 0 Å². The van der Waals surface area contributed by atoms with Crippen molar-refractivity contribution in [3.05, 3.63) is 62.5 Å². The fourth-order valence-electron chi connectivity index (χ4n) is 2.95. The molecule has 3 amide bonds. The Hall–Kier alpha value is -4.07. The summed E-state index contributed by atoms with van der Waals surface area (Å²) in [7, 11) is 0. The van der Waals surface area contributed by atoms with Crippen LogP contribution in [0, 0.1) is 10.1 Å². The average Bonchev–Trinajstić information content (AvgIpc) is 3.02. The largest absolute Gasteiger partial charge is 0.490 e. The van der Waals surface area contributed by atoms with E-state index in [4.69, 9.17) is 15.2 Å². The second kappa shape index (κ2) is 10.0. The quantitative estimate of drug-likeness (QED) is 0.314. The molecule has 35 heavy (non-hydrogen) atoms. The molecule has 1 fully saturated rings. The van der Waals surface area contributed by atoms with Crippen molar-refractivity contribution in [1.82, 2.24) is 4.90 Å². The van der Waals surface area contributed by atoms with E-state index in [0.29, 0.717) is 34.4 Å². The van der Waals surface area contributed by atoms with E-state index in [1.165, 1.54) is 24.3 Å². The van der Waals surface area contributed by atoms with Crippen LogP contribution in [0.15, 0.2) is 41.3 Å². The lowest BCUT2D eigenvalue weighted by Gasteiger charge is -2.14. The summed E-state index contributed by atoms with van der Waals surface area (Å²) in [4.78, 5) is 46.5. The van der Waals surface area contributed by atoms with Gasteiger partial charge in [0.05, 0.1) is 22.0 Å². The SMILES string of the molecule is CCOc1cc(/C=C2\SC(=O)N(CC(N)=O)C2=O)ccc1Oc1ccc(C(F)(F)F)cc1[N+](=O)[O-]. The van der Waals surface area contributed by atoms with Crippen LogP contribution in [0.5, 0.6) is 17.2 Å². The van der Waals surface area contributed by atoms with Crippen LogP contribution < -0.4 is 15.2 Å². The summed E-state index contributed by atoms with van der Waals surface area (Å²) in [6.45, 7) is 1.22. The lowest BCUT2D eigenvalue weighted by Crippen LogP contribution is -2.36.